The largest absolute Gasteiger partial charge is 0.508 e. The molecule has 1 aromatic carbocycles. The molecule has 2 rings (SSSR count). The maximum absolute atomic E-state index is 10.0. The van der Waals surface area contributed by atoms with Crippen LogP contribution in [0, 0.1) is 6.92 Å². The molecule has 1 heterocycles. The van der Waals surface area contributed by atoms with Gasteiger partial charge in [-0.2, -0.15) is 0 Å². The summed E-state index contributed by atoms with van der Waals surface area (Å²) in [5.41, 5.74) is 1.29. The van der Waals surface area contributed by atoms with Crippen LogP contribution in [-0.2, 0) is 5.54 Å². The highest BCUT2D eigenvalue weighted by Gasteiger charge is 2.32. The summed E-state index contributed by atoms with van der Waals surface area (Å²) < 4.78 is 0. The predicted octanol–water partition coefficient (Wildman–Crippen LogP) is 2.00. The summed E-state index contributed by atoms with van der Waals surface area (Å²) in [5.74, 6) is 0.366. The molecular weight excluding hydrogens is 190 g/mol. The van der Waals surface area contributed by atoms with E-state index in [4.69, 9.17) is 0 Å². The van der Waals surface area contributed by atoms with Crippen LogP contribution in [0.25, 0.3) is 0 Å². The quantitative estimate of drug-likeness (QED) is 0.660. The smallest absolute Gasteiger partial charge is 0.127 e. The minimum absolute atomic E-state index is 0.150. The first-order valence-corrected chi connectivity index (χ1v) is 5.32. The molecule has 0 aromatic heterocycles. The summed E-state index contributed by atoms with van der Waals surface area (Å²) in [6, 6.07) is 3.45. The van der Waals surface area contributed by atoms with Crippen LogP contribution >= 0.6 is 0 Å². The molecule has 0 spiro atoms. The molecule has 3 N–H and O–H groups in total. The summed E-state index contributed by atoms with van der Waals surface area (Å²) in [6.45, 7) is 4.80. The van der Waals surface area contributed by atoms with Gasteiger partial charge >= 0.3 is 0 Å². The molecule has 3 heteroatoms. The average molecular weight is 207 g/mol. The molecule has 0 saturated carbocycles. The summed E-state index contributed by atoms with van der Waals surface area (Å²) in [7, 11) is 0. The monoisotopic (exact) mass is 207 g/mol. The van der Waals surface area contributed by atoms with Crippen LogP contribution in [0.3, 0.4) is 0 Å². The van der Waals surface area contributed by atoms with Gasteiger partial charge in [0.05, 0.1) is 0 Å². The van der Waals surface area contributed by atoms with Crippen LogP contribution in [0.1, 0.15) is 30.9 Å². The Labute approximate surface area is 89.8 Å². The van der Waals surface area contributed by atoms with E-state index in [1.807, 2.05) is 0 Å². The Balaban J connectivity index is 2.49. The highest BCUT2D eigenvalue weighted by atomic mass is 16.3. The van der Waals surface area contributed by atoms with Crippen molar-refractivity contribution < 1.29 is 10.2 Å². The summed E-state index contributed by atoms with van der Waals surface area (Å²) in [6.07, 6.45) is 2.14. The fraction of sp³-hybridized carbons (Fsp3) is 0.500. The van der Waals surface area contributed by atoms with Crippen molar-refractivity contribution in [3.63, 3.8) is 0 Å². The van der Waals surface area contributed by atoms with Crippen LogP contribution < -0.4 is 5.32 Å². The van der Waals surface area contributed by atoms with Gasteiger partial charge in [0.1, 0.15) is 11.5 Å². The van der Waals surface area contributed by atoms with E-state index in [0.29, 0.717) is 5.56 Å². The minimum Gasteiger partial charge on any atom is -0.508 e. The van der Waals surface area contributed by atoms with E-state index in [1.54, 1.807) is 19.1 Å². The molecule has 0 aliphatic carbocycles. The van der Waals surface area contributed by atoms with Gasteiger partial charge in [0.25, 0.3) is 0 Å². The molecule has 1 aliphatic rings. The van der Waals surface area contributed by atoms with Crippen molar-refractivity contribution >= 4 is 0 Å². The van der Waals surface area contributed by atoms with Crippen LogP contribution in [-0.4, -0.2) is 16.8 Å². The van der Waals surface area contributed by atoms with Crippen molar-refractivity contribution in [3.05, 3.63) is 23.3 Å². The SMILES string of the molecule is Cc1c(O)ccc(C2(C)CCCN2)c1O. The van der Waals surface area contributed by atoms with Crippen molar-refractivity contribution in [2.75, 3.05) is 6.54 Å². The van der Waals surface area contributed by atoms with Gasteiger partial charge in [-0.15, -0.1) is 0 Å². The Kier molecular flexibility index (Phi) is 2.35. The molecule has 82 valence electrons. The molecule has 1 unspecified atom stereocenters. The van der Waals surface area contributed by atoms with Crippen LogP contribution in [0.4, 0.5) is 0 Å². The molecule has 1 aliphatic heterocycles. The van der Waals surface area contributed by atoms with E-state index in [1.165, 1.54) is 0 Å². The molecular formula is C12H17NO2. The lowest BCUT2D eigenvalue weighted by Gasteiger charge is -2.26. The highest BCUT2D eigenvalue weighted by molar-refractivity contribution is 5.50. The van der Waals surface area contributed by atoms with Gasteiger partial charge in [-0.25, -0.2) is 0 Å². The molecule has 0 bridgehead atoms. The van der Waals surface area contributed by atoms with Crippen LogP contribution in [0.15, 0.2) is 12.1 Å². The van der Waals surface area contributed by atoms with E-state index in [9.17, 15) is 10.2 Å². The number of benzene rings is 1. The fourth-order valence-corrected chi connectivity index (χ4v) is 2.26. The Hall–Kier alpha value is -1.22. The van der Waals surface area contributed by atoms with Gasteiger partial charge in [-0.3, -0.25) is 0 Å². The van der Waals surface area contributed by atoms with Gasteiger partial charge in [0, 0.05) is 16.7 Å². The number of phenols is 2. The standard InChI is InChI=1S/C12H17NO2/c1-8-10(14)5-4-9(11(8)15)12(2)6-3-7-13-12/h4-5,13-15H,3,6-7H2,1-2H3. The Morgan fingerprint density at radius 2 is 2.07 bits per heavy atom. The van der Waals surface area contributed by atoms with Crippen LogP contribution in [0.2, 0.25) is 0 Å². The molecule has 1 aromatic rings. The maximum Gasteiger partial charge on any atom is 0.127 e. The number of aromatic hydroxyl groups is 2. The zero-order chi connectivity index (χ0) is 11.1. The van der Waals surface area contributed by atoms with Gasteiger partial charge in [0.15, 0.2) is 0 Å². The summed E-state index contributed by atoms with van der Waals surface area (Å²) in [4.78, 5) is 0. The number of hydrogen-bond acceptors (Lipinski definition) is 3. The molecule has 0 radical (unpaired) electrons. The molecule has 0 amide bonds. The van der Waals surface area contributed by atoms with Gasteiger partial charge < -0.3 is 15.5 Å². The lowest BCUT2D eigenvalue weighted by Crippen LogP contribution is -2.33. The van der Waals surface area contributed by atoms with Crippen molar-refractivity contribution in [1.29, 1.82) is 0 Å². The summed E-state index contributed by atoms with van der Waals surface area (Å²) >= 11 is 0. The number of hydrogen-bond donors (Lipinski definition) is 3. The molecule has 15 heavy (non-hydrogen) atoms. The first kappa shape index (κ1) is 10.3. The zero-order valence-electron chi connectivity index (χ0n) is 9.17. The lowest BCUT2D eigenvalue weighted by atomic mass is 9.88. The second-order valence-electron chi connectivity index (χ2n) is 4.47. The third kappa shape index (κ3) is 1.57. The lowest BCUT2D eigenvalue weighted by molar-refractivity contribution is 0.386. The number of rotatable bonds is 1. The molecule has 1 fully saturated rings. The van der Waals surface area contributed by atoms with Crippen molar-refractivity contribution in [2.45, 2.75) is 32.2 Å². The van der Waals surface area contributed by atoms with Gasteiger partial charge in [-0.1, -0.05) is 0 Å². The third-order valence-corrected chi connectivity index (χ3v) is 3.37. The Morgan fingerprint density at radius 3 is 2.67 bits per heavy atom. The molecule has 1 atom stereocenters. The first-order valence-electron chi connectivity index (χ1n) is 5.32. The van der Waals surface area contributed by atoms with Crippen molar-refractivity contribution in [3.8, 4) is 11.5 Å². The molecule has 3 nitrogen and oxygen atoms in total. The normalized spacial score (nSPS) is 25.7. The Bertz CT molecular complexity index is 381. The Morgan fingerprint density at radius 1 is 1.33 bits per heavy atom. The summed E-state index contributed by atoms with van der Waals surface area (Å²) in [5, 5.41) is 22.9. The van der Waals surface area contributed by atoms with E-state index >= 15 is 0 Å². The third-order valence-electron chi connectivity index (χ3n) is 3.37. The maximum atomic E-state index is 10.0. The van der Waals surface area contributed by atoms with Gasteiger partial charge in [-0.05, 0) is 45.4 Å². The molecule has 1 saturated heterocycles. The van der Waals surface area contributed by atoms with Crippen molar-refractivity contribution in [1.82, 2.24) is 5.32 Å². The van der Waals surface area contributed by atoms with E-state index in [-0.39, 0.29) is 17.0 Å². The number of nitrogens with one attached hydrogen (secondary N) is 1. The van der Waals surface area contributed by atoms with E-state index in [2.05, 4.69) is 12.2 Å². The highest BCUT2D eigenvalue weighted by Crippen LogP contribution is 2.39. The van der Waals surface area contributed by atoms with E-state index in [0.717, 1.165) is 24.9 Å². The second kappa shape index (κ2) is 3.42. The van der Waals surface area contributed by atoms with Crippen molar-refractivity contribution in [2.24, 2.45) is 0 Å². The van der Waals surface area contributed by atoms with E-state index < -0.39 is 0 Å². The minimum atomic E-state index is -0.150. The van der Waals surface area contributed by atoms with Gasteiger partial charge in [0.2, 0.25) is 0 Å². The number of phenolic OH excluding ortho intramolecular Hbond substituents is 2. The van der Waals surface area contributed by atoms with Crippen LogP contribution in [0.5, 0.6) is 11.5 Å². The topological polar surface area (TPSA) is 52.5 Å². The average Bonchev–Trinajstić information content (AvgIpc) is 2.62. The first-order chi connectivity index (χ1) is 7.04. The fourth-order valence-electron chi connectivity index (χ4n) is 2.26. The predicted molar refractivity (Wildman–Crippen MR) is 59.1 cm³/mol. The zero-order valence-corrected chi connectivity index (χ0v) is 9.17. The second-order valence-corrected chi connectivity index (χ2v) is 4.47.